The van der Waals surface area contributed by atoms with Crippen molar-refractivity contribution in [3.63, 3.8) is 0 Å². The lowest BCUT2D eigenvalue weighted by Crippen LogP contribution is -2.33. The molecular formula is C22H27N3O4S. The zero-order chi connectivity index (χ0) is 21.8. The summed E-state index contributed by atoms with van der Waals surface area (Å²) in [5.74, 6) is -0.767. The topological polar surface area (TPSA) is 79.0 Å². The van der Waals surface area contributed by atoms with E-state index in [2.05, 4.69) is 24.1 Å². The number of esters is 1. The summed E-state index contributed by atoms with van der Waals surface area (Å²) in [5, 5.41) is 3.35. The van der Waals surface area contributed by atoms with Gasteiger partial charge in [0.25, 0.3) is 5.91 Å². The Hall–Kier alpha value is -2.87. The first kappa shape index (κ1) is 21.8. The molecule has 1 aliphatic heterocycles. The third-order valence-electron chi connectivity index (χ3n) is 5.38. The van der Waals surface area contributed by atoms with Crippen LogP contribution in [0.2, 0.25) is 0 Å². The number of anilines is 2. The number of benzene rings is 1. The van der Waals surface area contributed by atoms with Crippen molar-refractivity contribution < 1.29 is 19.1 Å². The highest BCUT2D eigenvalue weighted by atomic mass is 32.1. The standard InChI is InChI=1S/C22H27N3O4S/c1-5-24(6-2)16-9-7-15(8-10-16)20(27)23-21-19(22(28)29-4)17-11-12-25(14(3)26)13-18(17)30-21/h7-10H,5-6,11-13H2,1-4H3,(H,23,27). The molecule has 0 atom stereocenters. The van der Waals surface area contributed by atoms with Gasteiger partial charge in [-0.3, -0.25) is 9.59 Å². The zero-order valence-corrected chi connectivity index (χ0v) is 18.6. The van der Waals surface area contributed by atoms with Gasteiger partial charge < -0.3 is 19.9 Å². The molecule has 0 unspecified atom stereocenters. The van der Waals surface area contributed by atoms with Crippen LogP contribution in [0, 0.1) is 0 Å². The molecule has 2 heterocycles. The fourth-order valence-corrected chi connectivity index (χ4v) is 4.91. The van der Waals surface area contributed by atoms with Crippen LogP contribution in [0.1, 0.15) is 51.9 Å². The number of hydrogen-bond donors (Lipinski definition) is 1. The second-order valence-electron chi connectivity index (χ2n) is 7.06. The average Bonchev–Trinajstić information content (AvgIpc) is 3.11. The molecule has 0 fully saturated rings. The minimum atomic E-state index is -0.476. The molecule has 1 N–H and O–H groups in total. The maximum absolute atomic E-state index is 12.8. The molecule has 0 aliphatic carbocycles. The number of nitrogens with one attached hydrogen (secondary N) is 1. The molecule has 3 rings (SSSR count). The fraction of sp³-hybridized carbons (Fsp3) is 0.409. The van der Waals surface area contributed by atoms with E-state index < -0.39 is 5.97 Å². The van der Waals surface area contributed by atoms with Gasteiger partial charge in [-0.1, -0.05) is 0 Å². The van der Waals surface area contributed by atoms with Gasteiger partial charge in [0.1, 0.15) is 5.00 Å². The molecule has 0 bridgehead atoms. The van der Waals surface area contributed by atoms with Crippen molar-refractivity contribution in [3.05, 3.63) is 45.8 Å². The maximum atomic E-state index is 12.8. The Labute approximate surface area is 180 Å². The summed E-state index contributed by atoms with van der Waals surface area (Å²) in [4.78, 5) is 41.9. The number of thiophene rings is 1. The van der Waals surface area contributed by atoms with E-state index in [4.69, 9.17) is 4.74 Å². The minimum Gasteiger partial charge on any atom is -0.465 e. The summed E-state index contributed by atoms with van der Waals surface area (Å²) in [6, 6.07) is 7.41. The number of nitrogens with zero attached hydrogens (tertiary/aromatic N) is 2. The van der Waals surface area contributed by atoms with Crippen LogP contribution >= 0.6 is 11.3 Å². The van der Waals surface area contributed by atoms with E-state index in [1.165, 1.54) is 25.4 Å². The average molecular weight is 430 g/mol. The van der Waals surface area contributed by atoms with Crippen molar-refractivity contribution in [2.24, 2.45) is 0 Å². The smallest absolute Gasteiger partial charge is 0.341 e. The van der Waals surface area contributed by atoms with Gasteiger partial charge in [0.2, 0.25) is 5.91 Å². The predicted octanol–water partition coefficient (Wildman–Crippen LogP) is 3.54. The van der Waals surface area contributed by atoms with Crippen LogP contribution in [0.25, 0.3) is 0 Å². The molecular weight excluding hydrogens is 402 g/mol. The van der Waals surface area contributed by atoms with Crippen LogP contribution in [0.3, 0.4) is 0 Å². The van der Waals surface area contributed by atoms with Gasteiger partial charge in [0, 0.05) is 42.7 Å². The van der Waals surface area contributed by atoms with Gasteiger partial charge in [-0.25, -0.2) is 4.79 Å². The van der Waals surface area contributed by atoms with Crippen molar-refractivity contribution in [1.82, 2.24) is 4.90 Å². The largest absolute Gasteiger partial charge is 0.465 e. The lowest BCUT2D eigenvalue weighted by molar-refractivity contribution is -0.129. The monoisotopic (exact) mass is 429 g/mol. The number of hydrogen-bond acceptors (Lipinski definition) is 6. The summed E-state index contributed by atoms with van der Waals surface area (Å²) in [6.45, 7) is 8.47. The van der Waals surface area contributed by atoms with Crippen LogP contribution < -0.4 is 10.2 Å². The van der Waals surface area contributed by atoms with Gasteiger partial charge in [0.05, 0.1) is 19.2 Å². The van der Waals surface area contributed by atoms with Crippen molar-refractivity contribution in [2.75, 3.05) is 37.0 Å². The van der Waals surface area contributed by atoms with Crippen molar-refractivity contribution in [2.45, 2.75) is 33.7 Å². The summed E-state index contributed by atoms with van der Waals surface area (Å²) in [7, 11) is 1.33. The Balaban J connectivity index is 1.86. The highest BCUT2D eigenvalue weighted by Crippen LogP contribution is 2.38. The van der Waals surface area contributed by atoms with E-state index >= 15 is 0 Å². The molecule has 0 radical (unpaired) electrons. The van der Waals surface area contributed by atoms with Crippen molar-refractivity contribution in [3.8, 4) is 0 Å². The first-order valence-corrected chi connectivity index (χ1v) is 10.9. The number of carbonyl (C=O) groups is 3. The molecule has 1 aliphatic rings. The van der Waals surface area contributed by atoms with Crippen molar-refractivity contribution in [1.29, 1.82) is 0 Å². The number of carbonyl (C=O) groups excluding carboxylic acids is 3. The normalized spacial score (nSPS) is 12.9. The lowest BCUT2D eigenvalue weighted by atomic mass is 10.0. The molecule has 1 aromatic heterocycles. The number of methoxy groups -OCH3 is 1. The summed E-state index contributed by atoms with van der Waals surface area (Å²) in [6.07, 6.45) is 0.560. The quantitative estimate of drug-likeness (QED) is 0.711. The Morgan fingerprint density at radius 2 is 1.83 bits per heavy atom. The first-order chi connectivity index (χ1) is 14.4. The summed E-state index contributed by atoms with van der Waals surface area (Å²) >= 11 is 1.33. The summed E-state index contributed by atoms with van der Waals surface area (Å²) < 4.78 is 4.96. The number of ether oxygens (including phenoxy) is 1. The molecule has 30 heavy (non-hydrogen) atoms. The van der Waals surface area contributed by atoms with Gasteiger partial charge in [0.15, 0.2) is 0 Å². The molecule has 8 heteroatoms. The third-order valence-corrected chi connectivity index (χ3v) is 6.51. The molecule has 160 valence electrons. The second-order valence-corrected chi connectivity index (χ2v) is 8.17. The van der Waals surface area contributed by atoms with E-state index in [0.29, 0.717) is 35.6 Å². The molecule has 0 saturated carbocycles. The number of rotatable bonds is 6. The Morgan fingerprint density at radius 3 is 2.40 bits per heavy atom. The van der Waals surface area contributed by atoms with Crippen LogP contribution in [-0.2, 0) is 22.5 Å². The highest BCUT2D eigenvalue weighted by Gasteiger charge is 2.30. The summed E-state index contributed by atoms with van der Waals surface area (Å²) in [5.41, 5.74) is 2.83. The highest BCUT2D eigenvalue weighted by molar-refractivity contribution is 7.17. The first-order valence-electron chi connectivity index (χ1n) is 10.0. The lowest BCUT2D eigenvalue weighted by Gasteiger charge is -2.25. The van der Waals surface area contributed by atoms with Crippen LogP contribution in [0.15, 0.2) is 24.3 Å². The van der Waals surface area contributed by atoms with E-state index in [9.17, 15) is 14.4 Å². The van der Waals surface area contributed by atoms with Gasteiger partial charge in [-0.15, -0.1) is 11.3 Å². The molecule has 0 spiro atoms. The molecule has 1 aromatic carbocycles. The third kappa shape index (κ3) is 4.33. The van der Waals surface area contributed by atoms with E-state index in [0.717, 1.165) is 29.2 Å². The maximum Gasteiger partial charge on any atom is 0.341 e. The second kappa shape index (κ2) is 9.30. The molecule has 0 saturated heterocycles. The molecule has 2 aromatic rings. The van der Waals surface area contributed by atoms with E-state index in [1.807, 2.05) is 12.1 Å². The van der Waals surface area contributed by atoms with Crippen LogP contribution in [0.5, 0.6) is 0 Å². The fourth-order valence-electron chi connectivity index (χ4n) is 3.67. The van der Waals surface area contributed by atoms with Gasteiger partial charge >= 0.3 is 5.97 Å². The Morgan fingerprint density at radius 1 is 1.17 bits per heavy atom. The van der Waals surface area contributed by atoms with E-state index in [-0.39, 0.29) is 11.8 Å². The van der Waals surface area contributed by atoms with Crippen molar-refractivity contribution >= 4 is 39.8 Å². The van der Waals surface area contributed by atoms with Gasteiger partial charge in [-0.05, 0) is 50.1 Å². The number of amides is 2. The zero-order valence-electron chi connectivity index (χ0n) is 17.8. The SMILES string of the molecule is CCN(CC)c1ccc(C(=O)Nc2sc3c(c2C(=O)OC)CCN(C(C)=O)C3)cc1. The Bertz CT molecular complexity index is 948. The van der Waals surface area contributed by atoms with Gasteiger partial charge in [-0.2, -0.15) is 0 Å². The van der Waals surface area contributed by atoms with Crippen LogP contribution in [0.4, 0.5) is 10.7 Å². The van der Waals surface area contributed by atoms with Crippen LogP contribution in [-0.4, -0.2) is 49.4 Å². The molecule has 7 nitrogen and oxygen atoms in total. The van der Waals surface area contributed by atoms with E-state index in [1.54, 1.807) is 17.0 Å². The predicted molar refractivity (Wildman–Crippen MR) is 118 cm³/mol. The molecule has 2 amide bonds. The minimum absolute atomic E-state index is 0.00690. The Kier molecular flexibility index (Phi) is 6.77. The number of fused-ring (bicyclic) bond motifs is 1.